The second-order valence-electron chi connectivity index (χ2n) is 8.04. The van der Waals surface area contributed by atoms with Crippen molar-refractivity contribution in [2.45, 2.75) is 26.3 Å². The Morgan fingerprint density at radius 3 is 2.50 bits per heavy atom. The van der Waals surface area contributed by atoms with Crippen molar-refractivity contribution >= 4 is 11.6 Å². The Kier molecular flexibility index (Phi) is 6.45. The summed E-state index contributed by atoms with van der Waals surface area (Å²) in [5.74, 6) is 1.97. The largest absolute Gasteiger partial charge is 0.455 e. The average molecular weight is 401 g/mol. The lowest BCUT2D eigenvalue weighted by atomic mass is 9.99. The van der Waals surface area contributed by atoms with Crippen molar-refractivity contribution in [3.63, 3.8) is 0 Å². The molecule has 1 heterocycles. The first-order chi connectivity index (χ1) is 14.7. The van der Waals surface area contributed by atoms with Crippen LogP contribution in [0.25, 0.3) is 0 Å². The monoisotopic (exact) mass is 400 g/mol. The van der Waals surface area contributed by atoms with Gasteiger partial charge in [0.15, 0.2) is 5.75 Å². The minimum atomic E-state index is -0.141. The topological polar surface area (TPSA) is 41.6 Å². The summed E-state index contributed by atoms with van der Waals surface area (Å²) < 4.78 is 5.94. The number of rotatable bonds is 6. The summed E-state index contributed by atoms with van der Waals surface area (Å²) in [5.41, 5.74) is 2.53. The Labute approximate surface area is 178 Å². The number of carbonyl (C=O) groups is 1. The van der Waals surface area contributed by atoms with Gasteiger partial charge < -0.3 is 10.1 Å². The van der Waals surface area contributed by atoms with E-state index in [1.807, 2.05) is 66.7 Å². The lowest BCUT2D eigenvalue weighted by molar-refractivity contribution is 0.102. The maximum absolute atomic E-state index is 12.8. The minimum absolute atomic E-state index is 0.141. The highest BCUT2D eigenvalue weighted by atomic mass is 16.5. The zero-order valence-electron chi connectivity index (χ0n) is 17.4. The summed E-state index contributed by atoms with van der Waals surface area (Å²) in [4.78, 5) is 15.3. The molecule has 1 aliphatic heterocycles. The van der Waals surface area contributed by atoms with Crippen LogP contribution >= 0.6 is 0 Å². The second-order valence-corrected chi connectivity index (χ2v) is 8.04. The number of piperidine rings is 1. The third-order valence-electron chi connectivity index (χ3n) is 5.47. The Hall–Kier alpha value is -3.11. The van der Waals surface area contributed by atoms with Gasteiger partial charge in [0.1, 0.15) is 5.75 Å². The standard InChI is InChI=1S/C26H28N2O2/c1-20-8-7-17-28(18-20)19-21-13-15-22(16-14-21)26(29)27-24-11-5-6-12-25(24)30-23-9-3-2-4-10-23/h2-6,9-16,20H,7-8,17-19H2,1H3,(H,27,29)/t20-/m1/s1. The van der Waals surface area contributed by atoms with Crippen molar-refractivity contribution < 1.29 is 9.53 Å². The number of likely N-dealkylation sites (tertiary alicyclic amines) is 1. The van der Waals surface area contributed by atoms with E-state index in [0.717, 1.165) is 31.3 Å². The van der Waals surface area contributed by atoms with Gasteiger partial charge >= 0.3 is 0 Å². The molecule has 0 spiro atoms. The maximum Gasteiger partial charge on any atom is 0.255 e. The summed E-state index contributed by atoms with van der Waals surface area (Å²) in [7, 11) is 0. The van der Waals surface area contributed by atoms with Gasteiger partial charge in [-0.05, 0) is 67.3 Å². The van der Waals surface area contributed by atoms with E-state index in [2.05, 4.69) is 29.3 Å². The highest BCUT2D eigenvalue weighted by molar-refractivity contribution is 6.05. The second kappa shape index (κ2) is 9.59. The number of ether oxygens (including phenoxy) is 1. The molecule has 30 heavy (non-hydrogen) atoms. The molecule has 3 aromatic rings. The molecule has 1 aliphatic rings. The van der Waals surface area contributed by atoms with Crippen molar-refractivity contribution in [2.75, 3.05) is 18.4 Å². The number of hydrogen-bond donors (Lipinski definition) is 1. The molecule has 4 rings (SSSR count). The van der Waals surface area contributed by atoms with Crippen LogP contribution in [0, 0.1) is 5.92 Å². The zero-order chi connectivity index (χ0) is 20.8. The Morgan fingerprint density at radius 2 is 1.73 bits per heavy atom. The van der Waals surface area contributed by atoms with E-state index < -0.39 is 0 Å². The number of para-hydroxylation sites is 3. The number of carbonyl (C=O) groups excluding carboxylic acids is 1. The predicted molar refractivity (Wildman–Crippen MR) is 121 cm³/mol. The summed E-state index contributed by atoms with van der Waals surface area (Å²) >= 11 is 0. The third-order valence-corrected chi connectivity index (χ3v) is 5.47. The Bertz CT molecular complexity index is 970. The number of nitrogens with one attached hydrogen (secondary N) is 1. The fourth-order valence-corrected chi connectivity index (χ4v) is 3.92. The van der Waals surface area contributed by atoms with Gasteiger partial charge in [-0.15, -0.1) is 0 Å². The highest BCUT2D eigenvalue weighted by Gasteiger charge is 2.16. The minimum Gasteiger partial charge on any atom is -0.455 e. The number of nitrogens with zero attached hydrogens (tertiary/aromatic N) is 1. The van der Waals surface area contributed by atoms with Crippen molar-refractivity contribution in [1.29, 1.82) is 0 Å². The number of benzene rings is 3. The van der Waals surface area contributed by atoms with Gasteiger partial charge in [0, 0.05) is 18.7 Å². The van der Waals surface area contributed by atoms with Crippen LogP contribution in [0.3, 0.4) is 0 Å². The van der Waals surface area contributed by atoms with Crippen LogP contribution in [0.1, 0.15) is 35.7 Å². The van der Waals surface area contributed by atoms with E-state index in [4.69, 9.17) is 4.74 Å². The summed E-state index contributed by atoms with van der Waals surface area (Å²) in [6.07, 6.45) is 2.59. The average Bonchev–Trinajstić information content (AvgIpc) is 2.76. The summed E-state index contributed by atoms with van der Waals surface area (Å²) in [6, 6.07) is 25.0. The van der Waals surface area contributed by atoms with Crippen LogP contribution in [0.5, 0.6) is 11.5 Å². The molecule has 1 atom stereocenters. The van der Waals surface area contributed by atoms with Gasteiger partial charge in [-0.3, -0.25) is 9.69 Å². The quantitative estimate of drug-likeness (QED) is 0.555. The van der Waals surface area contributed by atoms with E-state index in [-0.39, 0.29) is 5.91 Å². The van der Waals surface area contributed by atoms with Gasteiger partial charge in [0.05, 0.1) is 5.69 Å². The lowest BCUT2D eigenvalue weighted by Gasteiger charge is -2.30. The van der Waals surface area contributed by atoms with Crippen LogP contribution in [0.15, 0.2) is 78.9 Å². The van der Waals surface area contributed by atoms with Gasteiger partial charge in [-0.2, -0.15) is 0 Å². The SMILES string of the molecule is C[C@@H]1CCCN(Cc2ccc(C(=O)Nc3ccccc3Oc3ccccc3)cc2)C1. The fraction of sp³-hybridized carbons (Fsp3) is 0.269. The first-order valence-electron chi connectivity index (χ1n) is 10.6. The van der Waals surface area contributed by atoms with Gasteiger partial charge in [0.2, 0.25) is 0 Å². The van der Waals surface area contributed by atoms with E-state index in [9.17, 15) is 4.79 Å². The number of anilines is 1. The van der Waals surface area contributed by atoms with Crippen molar-refractivity contribution in [3.05, 3.63) is 90.0 Å². The zero-order valence-corrected chi connectivity index (χ0v) is 17.4. The van der Waals surface area contributed by atoms with Crippen molar-refractivity contribution in [2.24, 2.45) is 5.92 Å². The maximum atomic E-state index is 12.8. The molecular weight excluding hydrogens is 372 g/mol. The van der Waals surface area contributed by atoms with Crippen LogP contribution in [-0.4, -0.2) is 23.9 Å². The van der Waals surface area contributed by atoms with Crippen LogP contribution < -0.4 is 10.1 Å². The third kappa shape index (κ3) is 5.28. The van der Waals surface area contributed by atoms with Crippen LogP contribution in [0.4, 0.5) is 5.69 Å². The molecule has 4 nitrogen and oxygen atoms in total. The number of hydrogen-bond acceptors (Lipinski definition) is 3. The molecule has 0 unspecified atom stereocenters. The molecule has 0 aromatic heterocycles. The van der Waals surface area contributed by atoms with E-state index >= 15 is 0 Å². The van der Waals surface area contributed by atoms with Crippen LogP contribution in [0.2, 0.25) is 0 Å². The Morgan fingerprint density at radius 1 is 1.00 bits per heavy atom. The fourth-order valence-electron chi connectivity index (χ4n) is 3.92. The highest BCUT2D eigenvalue weighted by Crippen LogP contribution is 2.29. The van der Waals surface area contributed by atoms with Crippen molar-refractivity contribution in [1.82, 2.24) is 4.90 Å². The molecule has 154 valence electrons. The molecule has 1 fully saturated rings. The first-order valence-corrected chi connectivity index (χ1v) is 10.6. The normalized spacial score (nSPS) is 16.8. The molecule has 1 saturated heterocycles. The Balaban J connectivity index is 1.40. The predicted octanol–water partition coefficient (Wildman–Crippen LogP) is 5.96. The molecule has 1 N–H and O–H groups in total. The summed E-state index contributed by atoms with van der Waals surface area (Å²) in [6.45, 7) is 5.57. The summed E-state index contributed by atoms with van der Waals surface area (Å²) in [5, 5.41) is 2.98. The molecule has 0 aliphatic carbocycles. The van der Waals surface area contributed by atoms with E-state index in [1.54, 1.807) is 0 Å². The van der Waals surface area contributed by atoms with Gasteiger partial charge in [0.25, 0.3) is 5.91 Å². The van der Waals surface area contributed by atoms with E-state index in [1.165, 1.54) is 18.4 Å². The molecule has 0 radical (unpaired) electrons. The molecule has 0 saturated carbocycles. The van der Waals surface area contributed by atoms with E-state index in [0.29, 0.717) is 17.0 Å². The van der Waals surface area contributed by atoms with Gasteiger partial charge in [-0.1, -0.05) is 49.4 Å². The molecule has 3 aromatic carbocycles. The first kappa shape index (κ1) is 20.2. The molecular formula is C26H28N2O2. The van der Waals surface area contributed by atoms with Crippen LogP contribution in [-0.2, 0) is 6.54 Å². The lowest BCUT2D eigenvalue weighted by Crippen LogP contribution is -2.33. The van der Waals surface area contributed by atoms with Crippen molar-refractivity contribution in [3.8, 4) is 11.5 Å². The smallest absolute Gasteiger partial charge is 0.255 e. The molecule has 4 heteroatoms. The van der Waals surface area contributed by atoms with Gasteiger partial charge in [-0.25, -0.2) is 0 Å². The molecule has 0 bridgehead atoms. The molecule has 1 amide bonds. The number of amides is 1.